The first-order valence-electron chi connectivity index (χ1n) is 2.54. The fourth-order valence-electron chi connectivity index (χ4n) is 0.224. The van der Waals surface area contributed by atoms with E-state index < -0.39 is 0 Å². The lowest BCUT2D eigenvalue weighted by Crippen LogP contribution is -1.98. The van der Waals surface area contributed by atoms with E-state index >= 15 is 0 Å². The van der Waals surface area contributed by atoms with Gasteiger partial charge in [0.05, 0.1) is 0 Å². The average Bonchev–Trinajstić information content (AvgIpc) is 1.59. The lowest BCUT2D eigenvalue weighted by molar-refractivity contribution is 0.571. The molecule has 0 amide bonds. The Hall–Kier alpha value is -0.880. The second-order valence-corrected chi connectivity index (χ2v) is 2.64. The Balaban J connectivity index is 3.93. The van der Waals surface area contributed by atoms with Gasteiger partial charge in [-0.25, -0.2) is 0 Å². The average molecular weight is 106 g/mol. The van der Waals surface area contributed by atoms with E-state index in [4.69, 9.17) is 6.42 Å². The highest BCUT2D eigenvalue weighted by Gasteiger charge is 2.02. The maximum atomic E-state index is 4.91. The van der Waals surface area contributed by atoms with E-state index in [1.54, 1.807) is 0 Å². The number of terminal acetylenes is 1. The van der Waals surface area contributed by atoms with Crippen molar-refractivity contribution in [3.8, 4) is 24.2 Å². The van der Waals surface area contributed by atoms with Gasteiger partial charge in [-0.2, -0.15) is 0 Å². The van der Waals surface area contributed by atoms with Crippen LogP contribution in [0.3, 0.4) is 0 Å². The molecule has 0 aromatic carbocycles. The van der Waals surface area contributed by atoms with Gasteiger partial charge in [-0.1, -0.05) is 5.92 Å². The molecule has 0 spiro atoms. The van der Waals surface area contributed by atoms with Gasteiger partial charge in [0.1, 0.15) is 0 Å². The molecule has 0 aromatic heterocycles. The van der Waals surface area contributed by atoms with Gasteiger partial charge in [0.2, 0.25) is 0 Å². The highest BCUT2D eigenvalue weighted by atomic mass is 14.0. The van der Waals surface area contributed by atoms with Crippen molar-refractivity contribution in [2.45, 2.75) is 20.8 Å². The molecule has 0 aromatic rings. The fourth-order valence-corrected chi connectivity index (χ4v) is 0.224. The third kappa shape index (κ3) is 5.12. The van der Waals surface area contributed by atoms with Crippen LogP contribution < -0.4 is 0 Å². The summed E-state index contributed by atoms with van der Waals surface area (Å²) in [6.45, 7) is 6.08. The minimum Gasteiger partial charge on any atom is -0.106 e. The molecular weight excluding hydrogens is 96.1 g/mol. The molecule has 0 bridgehead atoms. The molecule has 0 radical (unpaired) electrons. The van der Waals surface area contributed by atoms with Crippen molar-refractivity contribution in [3.05, 3.63) is 0 Å². The zero-order valence-electron chi connectivity index (χ0n) is 5.58. The zero-order chi connectivity index (χ0) is 6.62. The van der Waals surface area contributed by atoms with Crippen molar-refractivity contribution in [2.75, 3.05) is 0 Å². The van der Waals surface area contributed by atoms with Crippen LogP contribution in [-0.4, -0.2) is 0 Å². The predicted molar refractivity (Wildman–Crippen MR) is 36.1 cm³/mol. The van der Waals surface area contributed by atoms with Crippen molar-refractivity contribution < 1.29 is 0 Å². The van der Waals surface area contributed by atoms with Gasteiger partial charge < -0.3 is 0 Å². The van der Waals surface area contributed by atoms with Gasteiger partial charge in [0.25, 0.3) is 0 Å². The molecule has 0 N–H and O–H groups in total. The monoisotopic (exact) mass is 106 g/mol. The Morgan fingerprint density at radius 3 is 1.88 bits per heavy atom. The summed E-state index contributed by atoms with van der Waals surface area (Å²) in [4.78, 5) is 0. The fraction of sp³-hybridized carbons (Fsp3) is 0.500. The van der Waals surface area contributed by atoms with Crippen molar-refractivity contribution in [1.29, 1.82) is 0 Å². The van der Waals surface area contributed by atoms with Gasteiger partial charge in [-0.15, -0.1) is 6.42 Å². The summed E-state index contributed by atoms with van der Waals surface area (Å²) in [5, 5.41) is 0. The lowest BCUT2D eigenvalue weighted by atomic mass is 9.98. The molecule has 0 fully saturated rings. The summed E-state index contributed by atoms with van der Waals surface area (Å²) < 4.78 is 0. The van der Waals surface area contributed by atoms with Crippen LogP contribution in [0.15, 0.2) is 0 Å². The molecule has 0 aliphatic heterocycles. The maximum absolute atomic E-state index is 4.91. The van der Waals surface area contributed by atoms with Crippen LogP contribution in [0.4, 0.5) is 0 Å². The van der Waals surface area contributed by atoms with Crippen LogP contribution in [-0.2, 0) is 0 Å². The van der Waals surface area contributed by atoms with Gasteiger partial charge in [0.15, 0.2) is 0 Å². The molecule has 8 heavy (non-hydrogen) atoms. The molecule has 0 atom stereocenters. The van der Waals surface area contributed by atoms with Gasteiger partial charge in [0, 0.05) is 5.41 Å². The second kappa shape index (κ2) is 2.43. The van der Waals surface area contributed by atoms with Crippen LogP contribution >= 0.6 is 0 Å². The predicted octanol–water partition coefficient (Wildman–Crippen LogP) is 1.67. The second-order valence-electron chi connectivity index (χ2n) is 2.64. The molecule has 0 unspecified atom stereocenters. The zero-order valence-corrected chi connectivity index (χ0v) is 5.58. The first kappa shape index (κ1) is 7.12. The Kier molecular flexibility index (Phi) is 2.17. The molecule has 0 aliphatic carbocycles. The van der Waals surface area contributed by atoms with E-state index in [2.05, 4.69) is 17.8 Å². The standard InChI is InChI=1S/C8H10/c1-5-6-7-8(2,3)4/h1H,2-4H3. The Labute approximate surface area is 51.3 Å². The first-order valence-corrected chi connectivity index (χ1v) is 2.54. The minimum atomic E-state index is 0.0480. The van der Waals surface area contributed by atoms with Crippen LogP contribution in [0, 0.1) is 29.6 Å². The van der Waals surface area contributed by atoms with E-state index in [-0.39, 0.29) is 5.41 Å². The van der Waals surface area contributed by atoms with Crippen LogP contribution in [0.2, 0.25) is 0 Å². The first-order chi connectivity index (χ1) is 3.56. The largest absolute Gasteiger partial charge is 0.106 e. The van der Waals surface area contributed by atoms with Gasteiger partial charge in [-0.3, -0.25) is 0 Å². The molecule has 0 heteroatoms. The Morgan fingerprint density at radius 2 is 1.75 bits per heavy atom. The normalized spacial score (nSPS) is 8.75. The van der Waals surface area contributed by atoms with Gasteiger partial charge >= 0.3 is 0 Å². The molecule has 0 heterocycles. The van der Waals surface area contributed by atoms with Crippen LogP contribution in [0.5, 0.6) is 0 Å². The van der Waals surface area contributed by atoms with Crippen molar-refractivity contribution >= 4 is 0 Å². The summed E-state index contributed by atoms with van der Waals surface area (Å²) in [5.74, 6) is 7.71. The topological polar surface area (TPSA) is 0 Å². The van der Waals surface area contributed by atoms with Gasteiger partial charge in [-0.05, 0) is 32.6 Å². The Morgan fingerprint density at radius 1 is 1.25 bits per heavy atom. The lowest BCUT2D eigenvalue weighted by Gasteiger charge is -2.05. The van der Waals surface area contributed by atoms with Crippen LogP contribution in [0.25, 0.3) is 0 Å². The maximum Gasteiger partial charge on any atom is 0.0240 e. The molecular formula is C8H10. The number of hydrogen-bond donors (Lipinski definition) is 0. The van der Waals surface area contributed by atoms with E-state index in [0.29, 0.717) is 0 Å². The summed E-state index contributed by atoms with van der Waals surface area (Å²) in [5.41, 5.74) is 0.0480. The summed E-state index contributed by atoms with van der Waals surface area (Å²) in [6.07, 6.45) is 4.91. The SMILES string of the molecule is C#CC#CC(C)(C)C. The molecule has 0 aliphatic rings. The third-order valence-corrected chi connectivity index (χ3v) is 0.510. The molecule has 0 saturated heterocycles. The van der Waals surface area contributed by atoms with Crippen molar-refractivity contribution in [2.24, 2.45) is 5.41 Å². The smallest absolute Gasteiger partial charge is 0.0240 e. The van der Waals surface area contributed by atoms with E-state index in [0.717, 1.165) is 0 Å². The summed E-state index contributed by atoms with van der Waals surface area (Å²) in [7, 11) is 0. The quantitative estimate of drug-likeness (QED) is 0.412. The summed E-state index contributed by atoms with van der Waals surface area (Å²) in [6, 6.07) is 0. The molecule has 0 saturated carbocycles. The van der Waals surface area contributed by atoms with Crippen molar-refractivity contribution in [1.82, 2.24) is 0 Å². The van der Waals surface area contributed by atoms with Crippen LogP contribution in [0.1, 0.15) is 20.8 Å². The van der Waals surface area contributed by atoms with E-state index in [9.17, 15) is 0 Å². The molecule has 0 nitrogen and oxygen atoms in total. The minimum absolute atomic E-state index is 0.0480. The number of hydrogen-bond acceptors (Lipinski definition) is 0. The number of rotatable bonds is 0. The third-order valence-electron chi connectivity index (χ3n) is 0.510. The molecule has 0 rings (SSSR count). The van der Waals surface area contributed by atoms with E-state index in [1.807, 2.05) is 20.8 Å². The highest BCUT2D eigenvalue weighted by molar-refractivity contribution is 5.24. The Bertz CT molecular complexity index is 151. The molecule has 42 valence electrons. The summed E-state index contributed by atoms with van der Waals surface area (Å²) >= 11 is 0. The van der Waals surface area contributed by atoms with Crippen molar-refractivity contribution in [3.63, 3.8) is 0 Å². The van der Waals surface area contributed by atoms with E-state index in [1.165, 1.54) is 0 Å². The highest BCUT2D eigenvalue weighted by Crippen LogP contribution is 2.09.